The first-order chi connectivity index (χ1) is 13.8. The maximum Gasteiger partial charge on any atom is 0.453 e. The van der Waals surface area contributed by atoms with E-state index in [2.05, 4.69) is 20.3 Å². The van der Waals surface area contributed by atoms with E-state index in [0.29, 0.717) is 36.4 Å². The van der Waals surface area contributed by atoms with Crippen LogP contribution in [0.15, 0.2) is 30.6 Å². The molecule has 4 heterocycles. The number of pyridine rings is 1. The molecule has 0 saturated carbocycles. The number of hydrogen-bond acceptors (Lipinski definition) is 6. The lowest BCUT2D eigenvalue weighted by Crippen LogP contribution is -2.36. The lowest BCUT2D eigenvalue weighted by Gasteiger charge is -2.23. The molecule has 12 heteroatoms. The summed E-state index contributed by atoms with van der Waals surface area (Å²) in [5, 5.41) is 10.7. The highest BCUT2D eigenvalue weighted by molar-refractivity contribution is 5.94. The topological polar surface area (TPSA) is 79.5 Å². The molecule has 0 aliphatic carbocycles. The second-order valence-corrected chi connectivity index (χ2v) is 6.47. The van der Waals surface area contributed by atoms with Crippen molar-refractivity contribution in [1.29, 1.82) is 0 Å². The average Bonchev–Trinajstić information content (AvgIpc) is 2.97. The number of halogens is 4. The van der Waals surface area contributed by atoms with Crippen molar-refractivity contribution in [2.24, 2.45) is 0 Å². The molecule has 0 atom stereocenters. The summed E-state index contributed by atoms with van der Waals surface area (Å²) in [5.41, 5.74) is -0.0758. The normalized spacial score (nSPS) is 15.6. The molecule has 0 N–H and O–H groups in total. The Labute approximate surface area is 161 Å². The van der Waals surface area contributed by atoms with Gasteiger partial charge in [0.15, 0.2) is 11.5 Å². The van der Waals surface area contributed by atoms with E-state index in [1.807, 2.05) is 0 Å². The number of amides is 1. The Morgan fingerprint density at radius 2 is 1.86 bits per heavy atom. The first-order valence-corrected chi connectivity index (χ1v) is 8.78. The fourth-order valence-electron chi connectivity index (χ4n) is 3.19. The van der Waals surface area contributed by atoms with Crippen molar-refractivity contribution in [2.45, 2.75) is 12.6 Å². The van der Waals surface area contributed by atoms with Gasteiger partial charge < -0.3 is 9.80 Å². The second kappa shape index (κ2) is 7.26. The minimum Gasteiger partial charge on any atom is -0.353 e. The van der Waals surface area contributed by atoms with Gasteiger partial charge >= 0.3 is 6.18 Å². The average molecular weight is 409 g/mol. The fourth-order valence-corrected chi connectivity index (χ4v) is 3.19. The SMILES string of the molecule is O=C(c1ccncc1F)N1CCCN(c2ccc3nnc(C(F)(F)F)n3n2)CC1. The van der Waals surface area contributed by atoms with Crippen LogP contribution >= 0.6 is 0 Å². The van der Waals surface area contributed by atoms with Gasteiger partial charge in [0.05, 0.1) is 11.8 Å². The Morgan fingerprint density at radius 1 is 1.03 bits per heavy atom. The highest BCUT2D eigenvalue weighted by Gasteiger charge is 2.37. The molecule has 152 valence electrons. The molecule has 1 saturated heterocycles. The van der Waals surface area contributed by atoms with Gasteiger partial charge in [-0.05, 0) is 24.6 Å². The Kier molecular flexibility index (Phi) is 4.76. The van der Waals surface area contributed by atoms with Gasteiger partial charge in [-0.1, -0.05) is 0 Å². The summed E-state index contributed by atoms with van der Waals surface area (Å²) in [4.78, 5) is 19.5. The zero-order valence-electron chi connectivity index (χ0n) is 15.0. The van der Waals surface area contributed by atoms with Crippen LogP contribution in [0.2, 0.25) is 0 Å². The minimum atomic E-state index is -4.68. The van der Waals surface area contributed by atoms with Gasteiger partial charge in [-0.3, -0.25) is 9.78 Å². The van der Waals surface area contributed by atoms with Crippen LogP contribution in [0.25, 0.3) is 5.65 Å². The predicted molar refractivity (Wildman–Crippen MR) is 92.7 cm³/mol. The Balaban J connectivity index is 1.54. The molecule has 8 nitrogen and oxygen atoms in total. The molecule has 1 aliphatic rings. The number of aromatic nitrogens is 5. The predicted octanol–water partition coefficient (Wildman–Crippen LogP) is 2.03. The molecule has 1 aliphatic heterocycles. The van der Waals surface area contributed by atoms with Crippen molar-refractivity contribution in [1.82, 2.24) is 29.7 Å². The number of carbonyl (C=O) groups is 1. The summed E-state index contributed by atoms with van der Waals surface area (Å²) in [6, 6.07) is 4.29. The number of hydrogen-bond donors (Lipinski definition) is 0. The lowest BCUT2D eigenvalue weighted by atomic mass is 10.2. The van der Waals surface area contributed by atoms with Gasteiger partial charge in [-0.15, -0.1) is 15.3 Å². The maximum absolute atomic E-state index is 13.9. The summed E-state index contributed by atoms with van der Waals surface area (Å²) >= 11 is 0. The van der Waals surface area contributed by atoms with Crippen molar-refractivity contribution in [3.8, 4) is 0 Å². The molecule has 4 rings (SSSR count). The van der Waals surface area contributed by atoms with E-state index >= 15 is 0 Å². The van der Waals surface area contributed by atoms with Crippen LogP contribution in [0.4, 0.5) is 23.4 Å². The first-order valence-electron chi connectivity index (χ1n) is 8.78. The number of carbonyl (C=O) groups excluding carboxylic acids is 1. The van der Waals surface area contributed by atoms with Crippen LogP contribution in [0.3, 0.4) is 0 Å². The number of anilines is 1. The third kappa shape index (κ3) is 3.69. The van der Waals surface area contributed by atoms with E-state index in [-0.39, 0.29) is 17.8 Å². The summed E-state index contributed by atoms with van der Waals surface area (Å²) in [7, 11) is 0. The van der Waals surface area contributed by atoms with E-state index in [1.54, 1.807) is 11.0 Å². The van der Waals surface area contributed by atoms with E-state index < -0.39 is 23.7 Å². The molecule has 0 bridgehead atoms. The first kappa shape index (κ1) is 19.0. The van der Waals surface area contributed by atoms with E-state index in [0.717, 1.165) is 6.20 Å². The number of fused-ring (bicyclic) bond motifs is 1. The molecule has 3 aromatic heterocycles. The molecule has 0 radical (unpaired) electrons. The second-order valence-electron chi connectivity index (χ2n) is 6.47. The van der Waals surface area contributed by atoms with Crippen molar-refractivity contribution in [3.05, 3.63) is 47.8 Å². The van der Waals surface area contributed by atoms with Crippen LogP contribution < -0.4 is 4.90 Å². The zero-order chi connectivity index (χ0) is 20.6. The third-order valence-corrected chi connectivity index (χ3v) is 4.61. The van der Waals surface area contributed by atoms with Crippen LogP contribution in [0, 0.1) is 5.82 Å². The van der Waals surface area contributed by atoms with Crippen molar-refractivity contribution < 1.29 is 22.4 Å². The van der Waals surface area contributed by atoms with Gasteiger partial charge in [-0.25, -0.2) is 4.39 Å². The zero-order valence-corrected chi connectivity index (χ0v) is 15.0. The van der Waals surface area contributed by atoms with E-state index in [9.17, 15) is 22.4 Å². The molecule has 0 unspecified atom stereocenters. The molecule has 29 heavy (non-hydrogen) atoms. The van der Waals surface area contributed by atoms with Crippen molar-refractivity contribution in [3.63, 3.8) is 0 Å². The van der Waals surface area contributed by atoms with E-state index in [1.165, 1.54) is 23.2 Å². The number of rotatable bonds is 2. The lowest BCUT2D eigenvalue weighted by molar-refractivity contribution is -0.146. The van der Waals surface area contributed by atoms with E-state index in [4.69, 9.17) is 0 Å². The van der Waals surface area contributed by atoms with Gasteiger partial charge in [0.25, 0.3) is 11.7 Å². The fraction of sp³-hybridized carbons (Fsp3) is 0.353. The largest absolute Gasteiger partial charge is 0.453 e. The van der Waals surface area contributed by atoms with Gasteiger partial charge in [0.1, 0.15) is 5.82 Å². The van der Waals surface area contributed by atoms with Crippen LogP contribution in [-0.2, 0) is 6.18 Å². The van der Waals surface area contributed by atoms with Gasteiger partial charge in [0.2, 0.25) is 0 Å². The van der Waals surface area contributed by atoms with Gasteiger partial charge in [0, 0.05) is 32.4 Å². The monoisotopic (exact) mass is 409 g/mol. The summed E-state index contributed by atoms with van der Waals surface area (Å²) in [6.07, 6.45) is -1.81. The molecule has 0 spiro atoms. The van der Waals surface area contributed by atoms with Crippen LogP contribution in [0.5, 0.6) is 0 Å². The molecule has 3 aromatic rings. The number of alkyl halides is 3. The molecule has 1 fully saturated rings. The Bertz CT molecular complexity index is 1050. The van der Waals surface area contributed by atoms with Crippen molar-refractivity contribution >= 4 is 17.4 Å². The minimum absolute atomic E-state index is 0.0131. The summed E-state index contributed by atoms with van der Waals surface area (Å²) < 4.78 is 53.7. The van der Waals surface area contributed by atoms with Gasteiger partial charge in [-0.2, -0.15) is 17.7 Å². The standard InChI is InChI=1S/C17H15F4N7O/c18-12-10-22-5-4-11(12)15(29)27-7-1-6-26(8-9-27)14-3-2-13-23-24-16(17(19,20)21)28(13)25-14/h2-5,10H,1,6-9H2. The Hall–Kier alpha value is -3.31. The summed E-state index contributed by atoms with van der Waals surface area (Å²) in [6.45, 7) is 1.47. The molecular weight excluding hydrogens is 394 g/mol. The maximum atomic E-state index is 13.9. The smallest absolute Gasteiger partial charge is 0.353 e. The third-order valence-electron chi connectivity index (χ3n) is 4.61. The van der Waals surface area contributed by atoms with Crippen LogP contribution in [0.1, 0.15) is 22.6 Å². The quantitative estimate of drug-likeness (QED) is 0.603. The highest BCUT2D eigenvalue weighted by Crippen LogP contribution is 2.28. The van der Waals surface area contributed by atoms with Crippen molar-refractivity contribution in [2.75, 3.05) is 31.1 Å². The molecular formula is C17H15F4N7O. The molecule has 0 aromatic carbocycles. The Morgan fingerprint density at radius 3 is 2.62 bits per heavy atom. The summed E-state index contributed by atoms with van der Waals surface area (Å²) in [5.74, 6) is -2.03. The molecule has 1 amide bonds. The van der Waals surface area contributed by atoms with Crippen LogP contribution in [-0.4, -0.2) is 61.8 Å². The number of nitrogens with zero attached hydrogens (tertiary/aromatic N) is 7. The highest BCUT2D eigenvalue weighted by atomic mass is 19.4.